The SMILES string of the molecule is CC(C)CCC(CC(O)C(Cc1ccccc1)NC(=O)c1cc(N2CCCC2=O)cc(N2CCCC2=O)c1)C(=O)NC1CC2CCC1C2. The van der Waals surface area contributed by atoms with Crippen molar-refractivity contribution in [3.8, 4) is 0 Å². The van der Waals surface area contributed by atoms with Crippen molar-refractivity contribution >= 4 is 35.0 Å². The maximum absolute atomic E-state index is 14.1. The predicted molar refractivity (Wildman–Crippen MR) is 187 cm³/mol. The van der Waals surface area contributed by atoms with Crippen LogP contribution in [0.25, 0.3) is 0 Å². The fourth-order valence-electron chi connectivity index (χ4n) is 8.35. The maximum atomic E-state index is 14.1. The smallest absolute Gasteiger partial charge is 0.251 e. The summed E-state index contributed by atoms with van der Waals surface area (Å²) in [5.41, 5.74) is 2.50. The van der Waals surface area contributed by atoms with Crippen LogP contribution in [-0.2, 0) is 20.8 Å². The highest BCUT2D eigenvalue weighted by Crippen LogP contribution is 2.44. The third-order valence-corrected chi connectivity index (χ3v) is 11.1. The summed E-state index contributed by atoms with van der Waals surface area (Å²) in [4.78, 5) is 56.6. The van der Waals surface area contributed by atoms with Gasteiger partial charge in [0.2, 0.25) is 17.7 Å². The lowest BCUT2D eigenvalue weighted by atomic mass is 9.87. The Labute approximate surface area is 284 Å². The second-order valence-corrected chi connectivity index (χ2v) is 15.1. The van der Waals surface area contributed by atoms with Crippen LogP contribution in [0, 0.1) is 23.7 Å². The lowest BCUT2D eigenvalue weighted by Gasteiger charge is -2.30. The molecular weight excluding hydrogens is 604 g/mol. The zero-order chi connectivity index (χ0) is 33.8. The number of carbonyl (C=O) groups is 4. The van der Waals surface area contributed by atoms with Crippen LogP contribution in [0.2, 0.25) is 0 Å². The van der Waals surface area contributed by atoms with Crippen molar-refractivity contribution in [2.24, 2.45) is 23.7 Å². The first kappa shape index (κ1) is 34.2. The van der Waals surface area contributed by atoms with Gasteiger partial charge >= 0.3 is 0 Å². The molecule has 2 aliphatic carbocycles. The van der Waals surface area contributed by atoms with Gasteiger partial charge in [-0.2, -0.15) is 0 Å². The fraction of sp³-hybridized carbons (Fsp3) is 0.590. The molecule has 2 saturated carbocycles. The zero-order valence-corrected chi connectivity index (χ0v) is 28.5. The van der Waals surface area contributed by atoms with Crippen LogP contribution in [0.3, 0.4) is 0 Å². The molecule has 6 atom stereocenters. The van der Waals surface area contributed by atoms with E-state index in [1.807, 2.05) is 36.4 Å². The number of nitrogens with zero attached hydrogens (tertiary/aromatic N) is 2. The standard InChI is InChI=1S/C39H52N4O5/c1-25(2)12-14-29(38(47)40-33-20-27-13-15-28(33)18-27)23-35(44)34(19-26-8-4-3-5-9-26)41-39(48)30-21-31(42-16-6-10-36(42)45)24-32(22-30)43-17-7-11-37(43)46/h3-5,8-9,21-22,24-25,27-29,33-35,44H,6-7,10-20,23H2,1-2H3,(H,40,47)(H,41,48). The largest absolute Gasteiger partial charge is 0.391 e. The predicted octanol–water partition coefficient (Wildman–Crippen LogP) is 5.39. The molecule has 48 heavy (non-hydrogen) atoms. The molecule has 2 saturated heterocycles. The molecule has 2 bridgehead atoms. The van der Waals surface area contributed by atoms with Gasteiger partial charge in [0.1, 0.15) is 0 Å². The monoisotopic (exact) mass is 656 g/mol. The number of rotatable bonds is 14. The van der Waals surface area contributed by atoms with E-state index in [0.717, 1.165) is 37.2 Å². The van der Waals surface area contributed by atoms with E-state index in [0.29, 0.717) is 67.5 Å². The average Bonchev–Trinajstić information content (AvgIpc) is 3.89. The minimum Gasteiger partial charge on any atom is -0.391 e. The molecule has 2 aliphatic heterocycles. The van der Waals surface area contributed by atoms with E-state index in [1.165, 1.54) is 19.3 Å². The summed E-state index contributed by atoms with van der Waals surface area (Å²) < 4.78 is 0. The number of benzene rings is 2. The van der Waals surface area contributed by atoms with Gasteiger partial charge in [-0.05, 0) is 92.9 Å². The maximum Gasteiger partial charge on any atom is 0.251 e. The normalized spacial score (nSPS) is 24.0. The first-order valence-corrected chi connectivity index (χ1v) is 18.2. The van der Waals surface area contributed by atoms with E-state index in [1.54, 1.807) is 21.9 Å². The molecule has 4 aliphatic rings. The van der Waals surface area contributed by atoms with Gasteiger partial charge in [0.25, 0.3) is 5.91 Å². The van der Waals surface area contributed by atoms with E-state index in [2.05, 4.69) is 24.5 Å². The number of hydrogen-bond acceptors (Lipinski definition) is 5. The molecule has 9 nitrogen and oxygen atoms in total. The van der Waals surface area contributed by atoms with Crippen LogP contribution >= 0.6 is 0 Å². The van der Waals surface area contributed by atoms with Gasteiger partial charge in [-0.3, -0.25) is 19.2 Å². The number of carbonyl (C=O) groups excluding carboxylic acids is 4. The first-order valence-electron chi connectivity index (χ1n) is 18.2. The van der Waals surface area contributed by atoms with Gasteiger partial charge in [0, 0.05) is 54.8 Å². The first-order chi connectivity index (χ1) is 23.1. The van der Waals surface area contributed by atoms with Gasteiger partial charge in [-0.15, -0.1) is 0 Å². The summed E-state index contributed by atoms with van der Waals surface area (Å²) in [5, 5.41) is 18.3. The Kier molecular flexibility index (Phi) is 10.8. The molecule has 0 spiro atoms. The van der Waals surface area contributed by atoms with Crippen LogP contribution in [0.1, 0.15) is 100 Å². The van der Waals surface area contributed by atoms with E-state index < -0.39 is 12.1 Å². The summed E-state index contributed by atoms with van der Waals surface area (Å²) in [6.07, 6.45) is 8.29. The van der Waals surface area contributed by atoms with Crippen molar-refractivity contribution in [1.82, 2.24) is 10.6 Å². The third kappa shape index (κ3) is 8.11. The Morgan fingerprint density at radius 1 is 0.896 bits per heavy atom. The number of anilines is 2. The zero-order valence-electron chi connectivity index (χ0n) is 28.5. The van der Waals surface area contributed by atoms with Crippen LogP contribution in [0.15, 0.2) is 48.5 Å². The van der Waals surface area contributed by atoms with E-state index in [4.69, 9.17) is 0 Å². The number of hydrogen-bond donors (Lipinski definition) is 3. The molecule has 2 heterocycles. The van der Waals surface area contributed by atoms with E-state index in [9.17, 15) is 24.3 Å². The molecule has 2 aromatic rings. The van der Waals surface area contributed by atoms with Crippen molar-refractivity contribution in [3.63, 3.8) is 0 Å². The van der Waals surface area contributed by atoms with Crippen molar-refractivity contribution < 1.29 is 24.3 Å². The van der Waals surface area contributed by atoms with Gasteiger partial charge < -0.3 is 25.5 Å². The topological polar surface area (TPSA) is 119 Å². The minimum absolute atomic E-state index is 0.000202. The van der Waals surface area contributed by atoms with Crippen molar-refractivity contribution in [2.45, 2.75) is 109 Å². The molecule has 4 amide bonds. The van der Waals surface area contributed by atoms with Crippen LogP contribution < -0.4 is 20.4 Å². The van der Waals surface area contributed by atoms with Crippen molar-refractivity contribution in [2.75, 3.05) is 22.9 Å². The van der Waals surface area contributed by atoms with Crippen molar-refractivity contribution in [3.05, 3.63) is 59.7 Å². The highest BCUT2D eigenvalue weighted by atomic mass is 16.3. The Balaban J connectivity index is 1.23. The second kappa shape index (κ2) is 15.2. The highest BCUT2D eigenvalue weighted by Gasteiger charge is 2.41. The summed E-state index contributed by atoms with van der Waals surface area (Å²) in [6, 6.07) is 14.6. The number of nitrogens with one attached hydrogen (secondary N) is 2. The van der Waals surface area contributed by atoms with Crippen LogP contribution in [-0.4, -0.2) is 60.0 Å². The molecule has 6 unspecified atom stereocenters. The molecule has 2 aromatic carbocycles. The lowest BCUT2D eigenvalue weighted by molar-refractivity contribution is -0.127. The molecule has 0 radical (unpaired) electrons. The van der Waals surface area contributed by atoms with E-state index >= 15 is 0 Å². The minimum atomic E-state index is -0.972. The average molecular weight is 657 g/mol. The Morgan fingerprint density at radius 3 is 2.10 bits per heavy atom. The van der Waals surface area contributed by atoms with Gasteiger partial charge in [0.15, 0.2) is 0 Å². The molecule has 4 fully saturated rings. The van der Waals surface area contributed by atoms with Gasteiger partial charge in [-0.25, -0.2) is 0 Å². The Hall–Kier alpha value is -3.72. The van der Waals surface area contributed by atoms with Gasteiger partial charge in [0.05, 0.1) is 12.1 Å². The molecule has 0 aromatic heterocycles. The van der Waals surface area contributed by atoms with Crippen LogP contribution in [0.4, 0.5) is 11.4 Å². The Bertz CT molecular complexity index is 1430. The molecular formula is C39H52N4O5. The van der Waals surface area contributed by atoms with Gasteiger partial charge in [-0.1, -0.05) is 57.0 Å². The molecule has 258 valence electrons. The summed E-state index contributed by atoms with van der Waals surface area (Å²) in [7, 11) is 0. The van der Waals surface area contributed by atoms with E-state index in [-0.39, 0.29) is 42.0 Å². The molecule has 9 heteroatoms. The number of aliphatic hydroxyl groups excluding tert-OH is 1. The fourth-order valence-corrected chi connectivity index (χ4v) is 8.35. The molecule has 6 rings (SSSR count). The van der Waals surface area contributed by atoms with Crippen LogP contribution in [0.5, 0.6) is 0 Å². The number of fused-ring (bicyclic) bond motifs is 2. The summed E-state index contributed by atoms with van der Waals surface area (Å²) >= 11 is 0. The lowest BCUT2D eigenvalue weighted by Crippen LogP contribution is -2.48. The number of amides is 4. The highest BCUT2D eigenvalue weighted by molar-refractivity contribution is 6.03. The second-order valence-electron chi connectivity index (χ2n) is 15.1. The molecule has 3 N–H and O–H groups in total. The quantitative estimate of drug-likeness (QED) is 0.252. The summed E-state index contributed by atoms with van der Waals surface area (Å²) in [6.45, 7) is 5.42. The Morgan fingerprint density at radius 2 is 1.56 bits per heavy atom. The summed E-state index contributed by atoms with van der Waals surface area (Å²) in [5.74, 6) is 0.963. The van der Waals surface area contributed by atoms with Crippen molar-refractivity contribution in [1.29, 1.82) is 0 Å². The number of aliphatic hydroxyl groups is 1. The third-order valence-electron chi connectivity index (χ3n) is 11.1.